The molecule has 0 bridgehead atoms. The molecule has 25 heavy (non-hydrogen) atoms. The van der Waals surface area contributed by atoms with Gasteiger partial charge in [-0.1, -0.05) is 18.2 Å². The number of amides is 1. The molecule has 6 nitrogen and oxygen atoms in total. The zero-order valence-electron chi connectivity index (χ0n) is 14.4. The molecule has 0 atom stereocenters. The monoisotopic (exact) mass is 337 g/mol. The molecule has 0 aromatic heterocycles. The topological polar surface area (TPSA) is 60.3 Å². The number of piperazine rings is 1. The van der Waals surface area contributed by atoms with E-state index in [2.05, 4.69) is 32.4 Å². The minimum Gasteiger partial charge on any atom is -0.325 e. The SMILES string of the molecule is CN1CCN(CC(=O)Nc2ccc(N=Nc3ccccc3)cc2)CC1. The zero-order valence-corrected chi connectivity index (χ0v) is 14.4. The van der Waals surface area contributed by atoms with Gasteiger partial charge in [-0.2, -0.15) is 10.2 Å². The highest BCUT2D eigenvalue weighted by Gasteiger charge is 2.16. The Hall–Kier alpha value is -2.57. The Morgan fingerprint density at radius 2 is 1.52 bits per heavy atom. The lowest BCUT2D eigenvalue weighted by Crippen LogP contribution is -2.47. The Morgan fingerprint density at radius 1 is 0.920 bits per heavy atom. The summed E-state index contributed by atoms with van der Waals surface area (Å²) >= 11 is 0. The number of nitrogens with zero attached hydrogens (tertiary/aromatic N) is 4. The van der Waals surface area contributed by atoms with Gasteiger partial charge in [0.1, 0.15) is 0 Å². The molecule has 3 rings (SSSR count). The van der Waals surface area contributed by atoms with Crippen molar-refractivity contribution < 1.29 is 4.79 Å². The second-order valence-electron chi connectivity index (χ2n) is 6.21. The van der Waals surface area contributed by atoms with Gasteiger partial charge in [0.15, 0.2) is 0 Å². The van der Waals surface area contributed by atoms with Crippen LogP contribution in [-0.2, 0) is 4.79 Å². The first-order valence-corrected chi connectivity index (χ1v) is 8.47. The van der Waals surface area contributed by atoms with Crippen LogP contribution in [0.5, 0.6) is 0 Å². The van der Waals surface area contributed by atoms with Crippen molar-refractivity contribution in [3.63, 3.8) is 0 Å². The smallest absolute Gasteiger partial charge is 0.238 e. The lowest BCUT2D eigenvalue weighted by atomic mass is 10.3. The molecule has 0 spiro atoms. The first kappa shape index (κ1) is 17.3. The number of benzene rings is 2. The maximum absolute atomic E-state index is 12.1. The summed E-state index contributed by atoms with van der Waals surface area (Å²) in [5.41, 5.74) is 2.34. The minimum absolute atomic E-state index is 0.0169. The summed E-state index contributed by atoms with van der Waals surface area (Å²) in [5, 5.41) is 11.3. The summed E-state index contributed by atoms with van der Waals surface area (Å²) in [4.78, 5) is 16.6. The molecule has 1 amide bonds. The molecular formula is C19H23N5O. The van der Waals surface area contributed by atoms with Gasteiger partial charge in [0, 0.05) is 31.9 Å². The lowest BCUT2D eigenvalue weighted by Gasteiger charge is -2.31. The van der Waals surface area contributed by atoms with Gasteiger partial charge >= 0.3 is 0 Å². The predicted molar refractivity (Wildman–Crippen MR) is 99.6 cm³/mol. The Kier molecular flexibility index (Phi) is 5.87. The number of hydrogen-bond acceptors (Lipinski definition) is 5. The quantitative estimate of drug-likeness (QED) is 0.852. The van der Waals surface area contributed by atoms with Crippen LogP contribution in [-0.4, -0.2) is 55.5 Å². The van der Waals surface area contributed by atoms with E-state index in [0.717, 1.165) is 43.2 Å². The van der Waals surface area contributed by atoms with Crippen LogP contribution in [0.3, 0.4) is 0 Å². The van der Waals surface area contributed by atoms with Crippen LogP contribution in [0, 0.1) is 0 Å². The fraction of sp³-hybridized carbons (Fsp3) is 0.316. The van der Waals surface area contributed by atoms with Gasteiger partial charge in [0.25, 0.3) is 0 Å². The van der Waals surface area contributed by atoms with Crippen molar-refractivity contribution in [2.24, 2.45) is 10.2 Å². The van der Waals surface area contributed by atoms with E-state index >= 15 is 0 Å². The third kappa shape index (κ3) is 5.48. The highest BCUT2D eigenvalue weighted by Crippen LogP contribution is 2.20. The van der Waals surface area contributed by atoms with Gasteiger partial charge in [-0.05, 0) is 43.4 Å². The average molecular weight is 337 g/mol. The van der Waals surface area contributed by atoms with Gasteiger partial charge in [-0.3, -0.25) is 9.69 Å². The molecule has 1 N–H and O–H groups in total. The first-order chi connectivity index (χ1) is 12.2. The Labute approximate surface area is 148 Å². The normalized spacial score (nSPS) is 16.2. The molecule has 0 unspecified atom stereocenters. The summed E-state index contributed by atoms with van der Waals surface area (Å²) in [7, 11) is 2.11. The number of anilines is 1. The molecule has 0 aliphatic carbocycles. The number of carbonyl (C=O) groups excluding carboxylic acids is 1. The standard InChI is InChI=1S/C19H23N5O/c1-23-11-13-24(14-12-23)15-19(25)20-16-7-9-18(10-8-16)22-21-17-5-3-2-4-6-17/h2-10H,11-15H2,1H3,(H,20,25). The number of hydrogen-bond donors (Lipinski definition) is 1. The maximum atomic E-state index is 12.1. The maximum Gasteiger partial charge on any atom is 0.238 e. The van der Waals surface area contributed by atoms with Gasteiger partial charge in [-0.15, -0.1) is 0 Å². The second kappa shape index (κ2) is 8.50. The predicted octanol–water partition coefficient (Wildman–Crippen LogP) is 3.29. The number of nitrogens with one attached hydrogen (secondary N) is 1. The van der Waals surface area contributed by atoms with Crippen LogP contribution in [0.1, 0.15) is 0 Å². The van der Waals surface area contributed by atoms with Crippen molar-refractivity contribution in [2.45, 2.75) is 0 Å². The summed E-state index contributed by atoms with van der Waals surface area (Å²) in [6.07, 6.45) is 0. The fourth-order valence-corrected chi connectivity index (χ4v) is 2.63. The van der Waals surface area contributed by atoms with E-state index in [9.17, 15) is 4.79 Å². The van der Waals surface area contributed by atoms with Gasteiger partial charge in [0.2, 0.25) is 5.91 Å². The lowest BCUT2D eigenvalue weighted by molar-refractivity contribution is -0.117. The molecular weight excluding hydrogens is 314 g/mol. The zero-order chi connectivity index (χ0) is 17.5. The summed E-state index contributed by atoms with van der Waals surface area (Å²) in [5.74, 6) is 0.0169. The van der Waals surface area contributed by atoms with E-state index in [4.69, 9.17) is 0 Å². The number of rotatable bonds is 5. The molecule has 6 heteroatoms. The van der Waals surface area contributed by atoms with Crippen molar-refractivity contribution in [1.82, 2.24) is 9.80 Å². The Bertz CT molecular complexity index is 706. The Morgan fingerprint density at radius 3 is 2.16 bits per heavy atom. The third-order valence-electron chi connectivity index (χ3n) is 4.15. The molecule has 1 saturated heterocycles. The van der Waals surface area contributed by atoms with E-state index in [1.807, 2.05) is 54.6 Å². The van der Waals surface area contributed by atoms with E-state index in [-0.39, 0.29) is 5.91 Å². The fourth-order valence-electron chi connectivity index (χ4n) is 2.63. The molecule has 0 radical (unpaired) electrons. The van der Waals surface area contributed by atoms with E-state index in [1.165, 1.54) is 0 Å². The number of carbonyl (C=O) groups is 1. The van der Waals surface area contributed by atoms with Crippen molar-refractivity contribution in [1.29, 1.82) is 0 Å². The minimum atomic E-state index is 0.0169. The van der Waals surface area contributed by atoms with Crippen LogP contribution in [0.2, 0.25) is 0 Å². The van der Waals surface area contributed by atoms with E-state index < -0.39 is 0 Å². The molecule has 0 saturated carbocycles. The van der Waals surface area contributed by atoms with Gasteiger partial charge in [0.05, 0.1) is 17.9 Å². The highest BCUT2D eigenvalue weighted by atomic mass is 16.2. The molecule has 1 aliphatic rings. The number of likely N-dealkylation sites (N-methyl/N-ethyl adjacent to an activating group) is 1. The molecule has 1 fully saturated rings. The van der Waals surface area contributed by atoms with Gasteiger partial charge in [-0.25, -0.2) is 0 Å². The second-order valence-corrected chi connectivity index (χ2v) is 6.21. The largest absolute Gasteiger partial charge is 0.325 e. The third-order valence-corrected chi connectivity index (χ3v) is 4.15. The van der Waals surface area contributed by atoms with E-state index in [0.29, 0.717) is 6.54 Å². The van der Waals surface area contributed by atoms with Crippen LogP contribution in [0.25, 0.3) is 0 Å². The molecule has 1 aliphatic heterocycles. The Balaban J connectivity index is 1.50. The first-order valence-electron chi connectivity index (χ1n) is 8.47. The summed E-state index contributed by atoms with van der Waals surface area (Å²) < 4.78 is 0. The van der Waals surface area contributed by atoms with Crippen LogP contribution >= 0.6 is 0 Å². The van der Waals surface area contributed by atoms with Crippen LogP contribution in [0.4, 0.5) is 17.1 Å². The van der Waals surface area contributed by atoms with Crippen molar-refractivity contribution in [3.8, 4) is 0 Å². The summed E-state index contributed by atoms with van der Waals surface area (Å²) in [6.45, 7) is 4.32. The van der Waals surface area contributed by atoms with Crippen molar-refractivity contribution in [3.05, 3.63) is 54.6 Å². The molecule has 130 valence electrons. The molecule has 2 aromatic rings. The highest BCUT2D eigenvalue weighted by molar-refractivity contribution is 5.92. The van der Waals surface area contributed by atoms with Crippen molar-refractivity contribution >= 4 is 23.0 Å². The van der Waals surface area contributed by atoms with E-state index in [1.54, 1.807) is 0 Å². The average Bonchev–Trinajstić information content (AvgIpc) is 2.64. The number of azo groups is 1. The van der Waals surface area contributed by atoms with Crippen LogP contribution in [0.15, 0.2) is 64.8 Å². The van der Waals surface area contributed by atoms with Gasteiger partial charge < -0.3 is 10.2 Å². The molecule has 1 heterocycles. The summed E-state index contributed by atoms with van der Waals surface area (Å²) in [6, 6.07) is 17.0. The molecule has 2 aromatic carbocycles. The van der Waals surface area contributed by atoms with Crippen molar-refractivity contribution in [2.75, 3.05) is 45.1 Å². The van der Waals surface area contributed by atoms with Crippen LogP contribution < -0.4 is 5.32 Å².